The monoisotopic (exact) mass is 290 g/mol. The summed E-state index contributed by atoms with van der Waals surface area (Å²) in [4.78, 5) is 29.8. The van der Waals surface area contributed by atoms with Crippen molar-refractivity contribution >= 4 is 11.8 Å². The molecular formula is C15H22N4O2. The SMILES string of the molecule is C=CCNC(=O)c1cc(C(=O)NCCCN(C)C)ccn1. The van der Waals surface area contributed by atoms with Crippen LogP contribution < -0.4 is 10.6 Å². The molecule has 0 bridgehead atoms. The highest BCUT2D eigenvalue weighted by Gasteiger charge is 2.10. The number of hydrogen-bond donors (Lipinski definition) is 2. The average molecular weight is 290 g/mol. The van der Waals surface area contributed by atoms with Gasteiger partial charge in [0.15, 0.2) is 0 Å². The molecule has 0 fully saturated rings. The van der Waals surface area contributed by atoms with Gasteiger partial charge in [-0.2, -0.15) is 0 Å². The maximum Gasteiger partial charge on any atom is 0.270 e. The van der Waals surface area contributed by atoms with E-state index in [-0.39, 0.29) is 17.5 Å². The minimum Gasteiger partial charge on any atom is -0.352 e. The molecule has 0 aromatic carbocycles. The molecule has 1 rings (SSSR count). The predicted octanol–water partition coefficient (Wildman–Crippen LogP) is 0.679. The molecule has 2 N–H and O–H groups in total. The van der Waals surface area contributed by atoms with Crippen LogP contribution in [0.25, 0.3) is 0 Å². The van der Waals surface area contributed by atoms with Crippen molar-refractivity contribution in [2.24, 2.45) is 0 Å². The van der Waals surface area contributed by atoms with E-state index >= 15 is 0 Å². The van der Waals surface area contributed by atoms with Crippen LogP contribution in [0.1, 0.15) is 27.3 Å². The summed E-state index contributed by atoms with van der Waals surface area (Å²) in [6.07, 6.45) is 3.91. The van der Waals surface area contributed by atoms with Crippen LogP contribution in [0.2, 0.25) is 0 Å². The topological polar surface area (TPSA) is 74.3 Å². The Morgan fingerprint density at radius 2 is 2.10 bits per heavy atom. The predicted molar refractivity (Wildman–Crippen MR) is 82.3 cm³/mol. The zero-order valence-electron chi connectivity index (χ0n) is 12.6. The Kier molecular flexibility index (Phi) is 7.11. The average Bonchev–Trinajstić information content (AvgIpc) is 2.48. The lowest BCUT2D eigenvalue weighted by Crippen LogP contribution is -2.28. The molecule has 1 aromatic rings. The van der Waals surface area contributed by atoms with Crippen LogP contribution >= 0.6 is 0 Å². The van der Waals surface area contributed by atoms with E-state index in [2.05, 4.69) is 27.1 Å². The van der Waals surface area contributed by atoms with Crippen LogP contribution in [0.4, 0.5) is 0 Å². The Morgan fingerprint density at radius 3 is 2.76 bits per heavy atom. The van der Waals surface area contributed by atoms with E-state index < -0.39 is 0 Å². The smallest absolute Gasteiger partial charge is 0.270 e. The van der Waals surface area contributed by atoms with Gasteiger partial charge in [-0.1, -0.05) is 6.08 Å². The molecule has 0 aliphatic heterocycles. The van der Waals surface area contributed by atoms with Gasteiger partial charge in [0.2, 0.25) is 0 Å². The van der Waals surface area contributed by atoms with Crippen LogP contribution in [-0.4, -0.2) is 55.4 Å². The number of pyridine rings is 1. The van der Waals surface area contributed by atoms with Crippen molar-refractivity contribution in [1.82, 2.24) is 20.5 Å². The molecule has 0 unspecified atom stereocenters. The van der Waals surface area contributed by atoms with Crippen molar-refractivity contribution in [3.63, 3.8) is 0 Å². The second-order valence-corrected chi connectivity index (χ2v) is 4.84. The lowest BCUT2D eigenvalue weighted by atomic mass is 10.2. The van der Waals surface area contributed by atoms with Crippen LogP contribution in [0.15, 0.2) is 31.0 Å². The summed E-state index contributed by atoms with van der Waals surface area (Å²) in [6, 6.07) is 3.07. The summed E-state index contributed by atoms with van der Waals surface area (Å²) in [5.74, 6) is -0.522. The summed E-state index contributed by atoms with van der Waals surface area (Å²) in [5.41, 5.74) is 0.649. The minimum absolute atomic E-state index is 0.200. The Balaban J connectivity index is 2.56. The van der Waals surface area contributed by atoms with Crippen LogP contribution in [0.3, 0.4) is 0 Å². The standard InChI is InChI=1S/C15H22N4O2/c1-4-7-17-15(21)13-11-12(6-9-16-13)14(20)18-8-5-10-19(2)3/h4,6,9,11H,1,5,7-8,10H2,2-3H3,(H,17,21)(H,18,20). The zero-order valence-corrected chi connectivity index (χ0v) is 12.6. The largest absolute Gasteiger partial charge is 0.352 e. The van der Waals surface area contributed by atoms with Gasteiger partial charge in [-0.25, -0.2) is 0 Å². The molecule has 0 atom stereocenters. The third-order valence-electron chi connectivity index (χ3n) is 2.73. The number of hydrogen-bond acceptors (Lipinski definition) is 4. The molecule has 114 valence electrons. The quantitative estimate of drug-likeness (QED) is 0.545. The third-order valence-corrected chi connectivity index (χ3v) is 2.73. The van der Waals surface area contributed by atoms with Gasteiger partial charge in [0.25, 0.3) is 11.8 Å². The Labute approximate surface area is 125 Å². The fraction of sp³-hybridized carbons (Fsp3) is 0.400. The van der Waals surface area contributed by atoms with Gasteiger partial charge in [0, 0.05) is 24.8 Å². The van der Waals surface area contributed by atoms with Crippen LogP contribution in [0, 0.1) is 0 Å². The van der Waals surface area contributed by atoms with Gasteiger partial charge in [-0.05, 0) is 39.2 Å². The van der Waals surface area contributed by atoms with Crippen molar-refractivity contribution in [1.29, 1.82) is 0 Å². The first-order valence-electron chi connectivity index (χ1n) is 6.82. The van der Waals surface area contributed by atoms with E-state index in [0.29, 0.717) is 18.7 Å². The fourth-order valence-corrected chi connectivity index (χ4v) is 1.65. The summed E-state index contributed by atoms with van der Waals surface area (Å²) in [7, 11) is 3.97. The molecule has 0 saturated carbocycles. The summed E-state index contributed by atoms with van der Waals surface area (Å²) in [5, 5.41) is 5.45. The highest BCUT2D eigenvalue weighted by molar-refractivity contribution is 5.98. The molecule has 0 spiro atoms. The lowest BCUT2D eigenvalue weighted by Gasteiger charge is -2.10. The number of nitrogens with one attached hydrogen (secondary N) is 2. The molecule has 6 heteroatoms. The fourth-order valence-electron chi connectivity index (χ4n) is 1.65. The minimum atomic E-state index is -0.322. The van der Waals surface area contributed by atoms with E-state index in [9.17, 15) is 9.59 Å². The van der Waals surface area contributed by atoms with Gasteiger partial charge in [-0.15, -0.1) is 6.58 Å². The van der Waals surface area contributed by atoms with E-state index in [1.54, 1.807) is 12.1 Å². The molecule has 21 heavy (non-hydrogen) atoms. The van der Waals surface area contributed by atoms with Crippen LogP contribution in [0.5, 0.6) is 0 Å². The van der Waals surface area contributed by atoms with Crippen LogP contribution in [-0.2, 0) is 0 Å². The first kappa shape index (κ1) is 16.8. The summed E-state index contributed by atoms with van der Waals surface area (Å²) < 4.78 is 0. The van der Waals surface area contributed by atoms with Gasteiger partial charge in [0.05, 0.1) is 0 Å². The number of carbonyl (C=O) groups is 2. The number of aromatic nitrogens is 1. The number of amides is 2. The third kappa shape index (κ3) is 6.18. The lowest BCUT2D eigenvalue weighted by molar-refractivity contribution is 0.0952. The number of nitrogens with zero attached hydrogens (tertiary/aromatic N) is 2. The number of rotatable bonds is 8. The van der Waals surface area contributed by atoms with Crippen molar-refractivity contribution in [3.05, 3.63) is 42.2 Å². The molecule has 0 aliphatic rings. The Hall–Kier alpha value is -2.21. The van der Waals surface area contributed by atoms with E-state index in [0.717, 1.165) is 13.0 Å². The second kappa shape index (κ2) is 8.86. The zero-order chi connectivity index (χ0) is 15.7. The van der Waals surface area contributed by atoms with E-state index in [1.165, 1.54) is 12.3 Å². The van der Waals surface area contributed by atoms with Crippen molar-refractivity contribution in [3.8, 4) is 0 Å². The molecule has 6 nitrogen and oxygen atoms in total. The maximum absolute atomic E-state index is 12.0. The summed E-state index contributed by atoms with van der Waals surface area (Å²) in [6.45, 7) is 5.39. The molecule has 0 saturated heterocycles. The molecule has 1 aromatic heterocycles. The summed E-state index contributed by atoms with van der Waals surface area (Å²) >= 11 is 0. The number of carbonyl (C=O) groups excluding carboxylic acids is 2. The highest BCUT2D eigenvalue weighted by atomic mass is 16.2. The van der Waals surface area contributed by atoms with Gasteiger partial charge in [0.1, 0.15) is 5.69 Å². The Morgan fingerprint density at radius 1 is 1.33 bits per heavy atom. The van der Waals surface area contributed by atoms with Gasteiger partial charge >= 0.3 is 0 Å². The molecule has 2 amide bonds. The van der Waals surface area contributed by atoms with Gasteiger partial charge < -0.3 is 15.5 Å². The molecular weight excluding hydrogens is 268 g/mol. The van der Waals surface area contributed by atoms with E-state index in [4.69, 9.17) is 0 Å². The normalized spacial score (nSPS) is 10.2. The highest BCUT2D eigenvalue weighted by Crippen LogP contribution is 2.02. The van der Waals surface area contributed by atoms with Gasteiger partial charge in [-0.3, -0.25) is 14.6 Å². The Bertz CT molecular complexity index is 500. The molecule has 1 heterocycles. The first-order valence-corrected chi connectivity index (χ1v) is 6.82. The van der Waals surface area contributed by atoms with Crippen molar-refractivity contribution in [2.45, 2.75) is 6.42 Å². The van der Waals surface area contributed by atoms with Crippen molar-refractivity contribution < 1.29 is 9.59 Å². The first-order chi connectivity index (χ1) is 10.0. The van der Waals surface area contributed by atoms with Crippen molar-refractivity contribution in [2.75, 3.05) is 33.7 Å². The second-order valence-electron chi connectivity index (χ2n) is 4.84. The maximum atomic E-state index is 12.0. The molecule has 0 radical (unpaired) electrons. The van der Waals surface area contributed by atoms with E-state index in [1.807, 2.05) is 14.1 Å². The molecule has 0 aliphatic carbocycles.